The molecule has 1 aliphatic carbocycles. The van der Waals surface area contributed by atoms with Gasteiger partial charge in [-0.25, -0.2) is 9.97 Å². The molecule has 2 aliphatic rings. The third-order valence-corrected chi connectivity index (χ3v) is 6.68. The van der Waals surface area contributed by atoms with E-state index in [2.05, 4.69) is 50.0 Å². The first-order valence-corrected chi connectivity index (χ1v) is 11.5. The molecule has 33 heavy (non-hydrogen) atoms. The van der Waals surface area contributed by atoms with Gasteiger partial charge in [0.1, 0.15) is 11.5 Å². The molecule has 0 saturated carbocycles. The molecule has 0 unspecified atom stereocenters. The molecular weight excluding hydrogens is 412 g/mol. The Morgan fingerprint density at radius 3 is 2.94 bits per heavy atom. The van der Waals surface area contributed by atoms with E-state index in [-0.39, 0.29) is 5.78 Å². The van der Waals surface area contributed by atoms with Crippen LogP contribution in [0.2, 0.25) is 0 Å². The number of rotatable bonds is 3. The monoisotopic (exact) mass is 438 g/mol. The van der Waals surface area contributed by atoms with Crippen LogP contribution in [0.15, 0.2) is 54.9 Å². The minimum Gasteiger partial charge on any atom is -0.370 e. The van der Waals surface area contributed by atoms with Crippen molar-refractivity contribution in [2.75, 3.05) is 38.1 Å². The fraction of sp³-hybridized carbons (Fsp3) is 0.269. The van der Waals surface area contributed by atoms with Gasteiger partial charge in [0.2, 0.25) is 0 Å². The zero-order valence-electron chi connectivity index (χ0n) is 18.6. The van der Waals surface area contributed by atoms with Gasteiger partial charge in [0.25, 0.3) is 0 Å². The number of aromatic amines is 2. The van der Waals surface area contributed by atoms with Crippen molar-refractivity contribution in [2.45, 2.75) is 12.8 Å². The van der Waals surface area contributed by atoms with Crippen LogP contribution in [0.4, 0.5) is 5.69 Å². The van der Waals surface area contributed by atoms with Crippen LogP contribution in [0.3, 0.4) is 0 Å². The summed E-state index contributed by atoms with van der Waals surface area (Å²) in [6.07, 6.45) is 9.14. The summed E-state index contributed by atoms with van der Waals surface area (Å²) in [5.74, 6) is 0.709. The summed E-state index contributed by atoms with van der Waals surface area (Å²) in [5.41, 5.74) is 6.59. The SMILES string of the molecule is CN1CCCN(c2ccc3nc(C4=CC(c5ccnc6[nH]ccc56)=CCC4=O)[nH]c3c2)CC1. The Morgan fingerprint density at radius 2 is 2.00 bits per heavy atom. The summed E-state index contributed by atoms with van der Waals surface area (Å²) in [4.78, 5) is 33.4. The Kier molecular flexibility index (Phi) is 4.84. The maximum absolute atomic E-state index is 12.8. The molecule has 166 valence electrons. The second-order valence-electron chi connectivity index (χ2n) is 8.87. The summed E-state index contributed by atoms with van der Waals surface area (Å²) < 4.78 is 0. The van der Waals surface area contributed by atoms with Crippen LogP contribution in [-0.4, -0.2) is 63.8 Å². The smallest absolute Gasteiger partial charge is 0.170 e. The van der Waals surface area contributed by atoms with Crippen molar-refractivity contribution in [2.24, 2.45) is 0 Å². The van der Waals surface area contributed by atoms with Crippen molar-refractivity contribution in [3.05, 3.63) is 66.3 Å². The molecule has 0 bridgehead atoms. The van der Waals surface area contributed by atoms with Gasteiger partial charge < -0.3 is 19.8 Å². The lowest BCUT2D eigenvalue weighted by Gasteiger charge is -2.22. The highest BCUT2D eigenvalue weighted by molar-refractivity contribution is 6.24. The standard InChI is InChI=1S/C26H26N6O/c1-31-11-2-12-32(14-13-31)18-4-5-22-23(16-18)30-26(29-22)21-15-17(3-6-24(21)33)19-7-9-27-25-20(19)8-10-28-25/h3-5,7-10,15-16H,2,6,11-14H2,1H3,(H,27,28)(H,29,30). The van der Waals surface area contributed by atoms with Crippen molar-refractivity contribution < 1.29 is 4.79 Å². The van der Waals surface area contributed by atoms with E-state index in [1.807, 2.05) is 30.5 Å². The molecule has 4 heterocycles. The molecule has 0 spiro atoms. The van der Waals surface area contributed by atoms with Crippen LogP contribution in [-0.2, 0) is 4.79 Å². The largest absolute Gasteiger partial charge is 0.370 e. The summed E-state index contributed by atoms with van der Waals surface area (Å²) in [5, 5.41) is 1.05. The molecule has 1 fully saturated rings. The van der Waals surface area contributed by atoms with Gasteiger partial charge in [-0.15, -0.1) is 0 Å². The van der Waals surface area contributed by atoms with Crippen LogP contribution in [0, 0.1) is 0 Å². The van der Waals surface area contributed by atoms with E-state index >= 15 is 0 Å². The number of fused-ring (bicyclic) bond motifs is 2. The summed E-state index contributed by atoms with van der Waals surface area (Å²) >= 11 is 0. The first-order valence-electron chi connectivity index (χ1n) is 11.5. The lowest BCUT2D eigenvalue weighted by molar-refractivity contribution is -0.113. The van der Waals surface area contributed by atoms with Gasteiger partial charge in [0.05, 0.1) is 16.6 Å². The molecule has 4 aromatic rings. The first kappa shape index (κ1) is 19.9. The minimum absolute atomic E-state index is 0.0768. The number of anilines is 1. The Bertz CT molecular complexity index is 1430. The predicted molar refractivity (Wildman–Crippen MR) is 132 cm³/mol. The zero-order valence-corrected chi connectivity index (χ0v) is 18.6. The van der Waals surface area contributed by atoms with Crippen molar-refractivity contribution in [1.29, 1.82) is 0 Å². The fourth-order valence-electron chi connectivity index (χ4n) is 4.83. The number of allylic oxidation sites excluding steroid dienone is 4. The van der Waals surface area contributed by atoms with Crippen molar-refractivity contribution in [3.8, 4) is 0 Å². The van der Waals surface area contributed by atoms with E-state index in [9.17, 15) is 4.79 Å². The number of hydrogen-bond acceptors (Lipinski definition) is 5. The van der Waals surface area contributed by atoms with Gasteiger partial charge in [0, 0.05) is 49.5 Å². The van der Waals surface area contributed by atoms with Gasteiger partial charge >= 0.3 is 0 Å². The summed E-state index contributed by atoms with van der Waals surface area (Å²) in [6, 6.07) is 10.4. The molecule has 1 saturated heterocycles. The van der Waals surface area contributed by atoms with Crippen molar-refractivity contribution in [1.82, 2.24) is 24.8 Å². The van der Waals surface area contributed by atoms with Gasteiger partial charge in [-0.05, 0) is 67.6 Å². The number of likely N-dealkylation sites (N-methyl/N-ethyl adjacent to an activating group) is 1. The second kappa shape index (κ2) is 8.01. The number of Topliss-reactive ketones (excluding diaryl/α,β-unsaturated/α-hetero) is 1. The molecular formula is C26H26N6O. The molecule has 2 N–H and O–H groups in total. The molecule has 1 aromatic carbocycles. The van der Waals surface area contributed by atoms with E-state index in [0.29, 0.717) is 17.8 Å². The van der Waals surface area contributed by atoms with Crippen LogP contribution in [0.1, 0.15) is 24.2 Å². The van der Waals surface area contributed by atoms with Gasteiger partial charge in [-0.2, -0.15) is 0 Å². The zero-order chi connectivity index (χ0) is 22.4. The average Bonchev–Trinajstić information content (AvgIpc) is 3.42. The Balaban J connectivity index is 1.35. The third-order valence-electron chi connectivity index (χ3n) is 6.68. The van der Waals surface area contributed by atoms with Gasteiger partial charge in [-0.3, -0.25) is 4.79 Å². The number of carbonyl (C=O) groups is 1. The average molecular weight is 439 g/mol. The maximum atomic E-state index is 12.8. The minimum atomic E-state index is 0.0768. The number of imidazole rings is 1. The number of pyridine rings is 1. The Morgan fingerprint density at radius 1 is 1.06 bits per heavy atom. The number of hydrogen-bond donors (Lipinski definition) is 2. The van der Waals surface area contributed by atoms with Crippen molar-refractivity contribution >= 4 is 44.7 Å². The number of nitrogens with zero attached hydrogens (tertiary/aromatic N) is 4. The number of H-pyrrole nitrogens is 2. The van der Waals surface area contributed by atoms with Crippen molar-refractivity contribution in [3.63, 3.8) is 0 Å². The molecule has 1 aliphatic heterocycles. The molecule has 7 nitrogen and oxygen atoms in total. The number of carbonyl (C=O) groups excluding carboxylic acids is 1. The highest BCUT2D eigenvalue weighted by Gasteiger charge is 2.21. The van der Waals surface area contributed by atoms with E-state index in [1.54, 1.807) is 6.20 Å². The van der Waals surface area contributed by atoms with Crippen LogP contribution < -0.4 is 4.90 Å². The third kappa shape index (κ3) is 3.64. The highest BCUT2D eigenvalue weighted by Crippen LogP contribution is 2.32. The molecule has 6 rings (SSSR count). The number of aromatic nitrogens is 4. The van der Waals surface area contributed by atoms with Gasteiger partial charge in [0.15, 0.2) is 5.78 Å². The normalized spacial score (nSPS) is 18.0. The van der Waals surface area contributed by atoms with E-state index < -0.39 is 0 Å². The molecule has 0 amide bonds. The quantitative estimate of drug-likeness (QED) is 0.505. The molecule has 0 atom stereocenters. The Labute approximate surface area is 191 Å². The predicted octanol–water partition coefficient (Wildman–Crippen LogP) is 4.02. The second-order valence-corrected chi connectivity index (χ2v) is 8.87. The summed E-state index contributed by atoms with van der Waals surface area (Å²) in [6.45, 7) is 4.26. The van der Waals surface area contributed by atoms with E-state index in [0.717, 1.165) is 65.8 Å². The number of ketones is 1. The van der Waals surface area contributed by atoms with E-state index in [4.69, 9.17) is 4.98 Å². The number of benzene rings is 1. The first-order chi connectivity index (χ1) is 16.2. The molecule has 3 aromatic heterocycles. The maximum Gasteiger partial charge on any atom is 0.170 e. The van der Waals surface area contributed by atoms with Crippen LogP contribution in [0.25, 0.3) is 33.2 Å². The van der Waals surface area contributed by atoms with Gasteiger partial charge in [-0.1, -0.05) is 6.08 Å². The fourth-order valence-corrected chi connectivity index (χ4v) is 4.83. The lowest BCUT2D eigenvalue weighted by Crippen LogP contribution is -2.28. The molecule has 0 radical (unpaired) electrons. The highest BCUT2D eigenvalue weighted by atomic mass is 16.1. The Hall–Kier alpha value is -3.71. The summed E-state index contributed by atoms with van der Waals surface area (Å²) in [7, 11) is 2.18. The topological polar surface area (TPSA) is 80.9 Å². The number of nitrogens with one attached hydrogen (secondary N) is 2. The van der Waals surface area contributed by atoms with E-state index in [1.165, 1.54) is 5.69 Å². The van der Waals surface area contributed by atoms with Crippen LogP contribution in [0.5, 0.6) is 0 Å². The van der Waals surface area contributed by atoms with Crippen LogP contribution >= 0.6 is 0 Å². The lowest BCUT2D eigenvalue weighted by atomic mass is 9.92. The molecule has 7 heteroatoms.